The first kappa shape index (κ1) is 18.0. The maximum absolute atomic E-state index is 12.0. The summed E-state index contributed by atoms with van der Waals surface area (Å²) in [5.74, 6) is -0.430. The largest absolute Gasteiger partial charge is 0.398 e. The highest BCUT2D eigenvalue weighted by atomic mass is 16.5. The lowest BCUT2D eigenvalue weighted by Gasteiger charge is -2.26. The number of carbonyl (C=O) groups excluding carboxylic acids is 2. The summed E-state index contributed by atoms with van der Waals surface area (Å²) < 4.78 is 5.18. The summed E-state index contributed by atoms with van der Waals surface area (Å²) >= 11 is 0. The third kappa shape index (κ3) is 4.73. The fourth-order valence-electron chi connectivity index (χ4n) is 2.05. The van der Waals surface area contributed by atoms with Crippen molar-refractivity contribution < 1.29 is 14.3 Å². The summed E-state index contributed by atoms with van der Waals surface area (Å²) in [7, 11) is 0. The molecule has 0 bridgehead atoms. The molecule has 0 spiro atoms. The summed E-state index contributed by atoms with van der Waals surface area (Å²) in [5, 5.41) is 2.61. The number of para-hydroxylation sites is 1. The van der Waals surface area contributed by atoms with Crippen LogP contribution in [-0.2, 0) is 9.53 Å². The van der Waals surface area contributed by atoms with Crippen molar-refractivity contribution in [2.75, 3.05) is 38.6 Å². The Kier molecular flexibility index (Phi) is 7.39. The van der Waals surface area contributed by atoms with Crippen LogP contribution in [0.3, 0.4) is 0 Å². The maximum Gasteiger partial charge on any atom is 0.253 e. The Balaban J connectivity index is 0.00000116. The molecule has 1 saturated heterocycles. The minimum Gasteiger partial charge on any atom is -0.398 e. The maximum atomic E-state index is 12.0. The molecular weight excluding hydrogens is 282 g/mol. The van der Waals surface area contributed by atoms with E-state index in [-0.39, 0.29) is 18.4 Å². The summed E-state index contributed by atoms with van der Waals surface area (Å²) in [6, 6.07) is 5.26. The smallest absolute Gasteiger partial charge is 0.253 e. The Morgan fingerprint density at radius 2 is 1.91 bits per heavy atom. The van der Waals surface area contributed by atoms with Gasteiger partial charge in [0.25, 0.3) is 5.91 Å². The quantitative estimate of drug-likeness (QED) is 0.822. The number of morpholine rings is 1. The van der Waals surface area contributed by atoms with Gasteiger partial charge in [-0.15, -0.1) is 0 Å². The van der Waals surface area contributed by atoms with Gasteiger partial charge in [0.1, 0.15) is 0 Å². The second-order valence-corrected chi connectivity index (χ2v) is 4.71. The molecule has 6 heteroatoms. The van der Waals surface area contributed by atoms with Crippen LogP contribution >= 0.6 is 0 Å². The Hall–Kier alpha value is -2.08. The molecule has 0 saturated carbocycles. The fourth-order valence-corrected chi connectivity index (χ4v) is 2.05. The van der Waals surface area contributed by atoms with Crippen molar-refractivity contribution in [2.45, 2.75) is 20.8 Å². The van der Waals surface area contributed by atoms with Gasteiger partial charge in [0.2, 0.25) is 5.91 Å². The number of amides is 2. The van der Waals surface area contributed by atoms with Crippen LogP contribution in [0.15, 0.2) is 18.2 Å². The van der Waals surface area contributed by atoms with Crippen LogP contribution in [0.2, 0.25) is 0 Å². The molecule has 22 heavy (non-hydrogen) atoms. The molecule has 0 aliphatic carbocycles. The zero-order valence-electron chi connectivity index (χ0n) is 13.5. The van der Waals surface area contributed by atoms with E-state index in [0.29, 0.717) is 37.6 Å². The number of carbonyl (C=O) groups is 2. The molecule has 0 atom stereocenters. The van der Waals surface area contributed by atoms with Gasteiger partial charge >= 0.3 is 0 Å². The molecule has 2 rings (SSSR count). The van der Waals surface area contributed by atoms with E-state index in [0.717, 1.165) is 5.56 Å². The summed E-state index contributed by atoms with van der Waals surface area (Å²) in [6.07, 6.45) is 0. The molecule has 0 unspecified atom stereocenters. The van der Waals surface area contributed by atoms with Gasteiger partial charge in [-0.05, 0) is 18.6 Å². The molecule has 1 aliphatic heterocycles. The van der Waals surface area contributed by atoms with Gasteiger partial charge in [-0.25, -0.2) is 0 Å². The van der Waals surface area contributed by atoms with E-state index in [1.165, 1.54) is 0 Å². The molecule has 0 radical (unpaired) electrons. The molecule has 3 N–H and O–H groups in total. The first-order chi connectivity index (χ1) is 10.6. The van der Waals surface area contributed by atoms with Crippen LogP contribution in [-0.4, -0.2) is 49.6 Å². The highest BCUT2D eigenvalue weighted by Gasteiger charge is 2.18. The second-order valence-electron chi connectivity index (χ2n) is 4.71. The Bertz CT molecular complexity index is 511. The molecule has 1 aromatic carbocycles. The number of nitrogens with one attached hydrogen (secondary N) is 1. The SMILES string of the molecule is CC.Cc1cccc(C(=O)NCC(=O)N2CCOCC2)c1N. The van der Waals surface area contributed by atoms with Crippen LogP contribution in [0, 0.1) is 6.92 Å². The number of anilines is 1. The van der Waals surface area contributed by atoms with Gasteiger partial charge in [0.15, 0.2) is 0 Å². The number of hydrogen-bond donors (Lipinski definition) is 2. The summed E-state index contributed by atoms with van der Waals surface area (Å²) in [6.45, 7) is 8.05. The number of benzene rings is 1. The van der Waals surface area contributed by atoms with Gasteiger partial charge in [0, 0.05) is 18.8 Å². The topological polar surface area (TPSA) is 84.7 Å². The van der Waals surface area contributed by atoms with Crippen LogP contribution in [0.1, 0.15) is 29.8 Å². The van der Waals surface area contributed by atoms with Crippen molar-refractivity contribution in [1.82, 2.24) is 10.2 Å². The minimum atomic E-state index is -0.326. The monoisotopic (exact) mass is 307 g/mol. The third-order valence-corrected chi connectivity index (χ3v) is 3.33. The molecule has 1 heterocycles. The normalized spacial score (nSPS) is 13.9. The number of aryl methyl sites for hydroxylation is 1. The average molecular weight is 307 g/mol. The highest BCUT2D eigenvalue weighted by Crippen LogP contribution is 2.15. The van der Waals surface area contributed by atoms with E-state index in [4.69, 9.17) is 10.5 Å². The number of nitrogens with zero attached hydrogens (tertiary/aromatic N) is 1. The molecular formula is C16H25N3O3. The van der Waals surface area contributed by atoms with Crippen molar-refractivity contribution in [2.24, 2.45) is 0 Å². The van der Waals surface area contributed by atoms with Gasteiger partial charge in [-0.2, -0.15) is 0 Å². The Morgan fingerprint density at radius 3 is 2.55 bits per heavy atom. The molecule has 122 valence electrons. The molecule has 6 nitrogen and oxygen atoms in total. The van der Waals surface area contributed by atoms with E-state index >= 15 is 0 Å². The van der Waals surface area contributed by atoms with E-state index in [1.54, 1.807) is 17.0 Å². The standard InChI is InChI=1S/C14H19N3O3.C2H6/c1-10-3-2-4-11(13(10)15)14(19)16-9-12(18)17-5-7-20-8-6-17;1-2/h2-4H,5-9,15H2,1H3,(H,16,19);1-2H3. The zero-order chi connectivity index (χ0) is 16.5. The number of hydrogen-bond acceptors (Lipinski definition) is 4. The van der Waals surface area contributed by atoms with Crippen LogP contribution in [0.25, 0.3) is 0 Å². The number of nitrogen functional groups attached to an aromatic ring is 1. The fraction of sp³-hybridized carbons (Fsp3) is 0.500. The summed E-state index contributed by atoms with van der Waals surface area (Å²) in [4.78, 5) is 25.6. The lowest BCUT2D eigenvalue weighted by atomic mass is 10.1. The first-order valence-corrected chi connectivity index (χ1v) is 7.58. The van der Waals surface area contributed by atoms with Crippen LogP contribution < -0.4 is 11.1 Å². The van der Waals surface area contributed by atoms with E-state index in [2.05, 4.69) is 5.32 Å². The number of nitrogens with two attached hydrogens (primary N) is 1. The average Bonchev–Trinajstić information content (AvgIpc) is 2.57. The van der Waals surface area contributed by atoms with Gasteiger partial charge in [-0.3, -0.25) is 9.59 Å². The van der Waals surface area contributed by atoms with Gasteiger partial charge in [0.05, 0.1) is 25.3 Å². The van der Waals surface area contributed by atoms with Crippen molar-refractivity contribution in [1.29, 1.82) is 0 Å². The van der Waals surface area contributed by atoms with E-state index in [9.17, 15) is 9.59 Å². The molecule has 2 amide bonds. The van der Waals surface area contributed by atoms with E-state index < -0.39 is 0 Å². The second kappa shape index (κ2) is 9.04. The van der Waals surface area contributed by atoms with Crippen LogP contribution in [0.4, 0.5) is 5.69 Å². The number of ether oxygens (including phenoxy) is 1. The number of rotatable bonds is 3. The van der Waals surface area contributed by atoms with Crippen molar-refractivity contribution in [3.63, 3.8) is 0 Å². The van der Waals surface area contributed by atoms with Crippen molar-refractivity contribution >= 4 is 17.5 Å². The molecule has 1 aliphatic rings. The predicted octanol–water partition coefficient (Wildman–Crippen LogP) is 1.19. The molecule has 1 fully saturated rings. The lowest BCUT2D eigenvalue weighted by molar-refractivity contribution is -0.134. The highest BCUT2D eigenvalue weighted by molar-refractivity contribution is 6.01. The molecule has 0 aromatic heterocycles. The minimum absolute atomic E-state index is 0.0216. The lowest BCUT2D eigenvalue weighted by Crippen LogP contribution is -2.45. The Morgan fingerprint density at radius 1 is 1.27 bits per heavy atom. The third-order valence-electron chi connectivity index (χ3n) is 3.33. The predicted molar refractivity (Wildman–Crippen MR) is 86.7 cm³/mol. The van der Waals surface area contributed by atoms with Crippen molar-refractivity contribution in [3.05, 3.63) is 29.3 Å². The van der Waals surface area contributed by atoms with Crippen LogP contribution in [0.5, 0.6) is 0 Å². The van der Waals surface area contributed by atoms with Gasteiger partial charge < -0.3 is 20.7 Å². The van der Waals surface area contributed by atoms with Crippen molar-refractivity contribution in [3.8, 4) is 0 Å². The van der Waals surface area contributed by atoms with Gasteiger partial charge in [-0.1, -0.05) is 26.0 Å². The zero-order valence-corrected chi connectivity index (χ0v) is 13.5. The summed E-state index contributed by atoms with van der Waals surface area (Å²) in [5.41, 5.74) is 7.56. The Labute approximate surface area is 131 Å². The van der Waals surface area contributed by atoms with E-state index in [1.807, 2.05) is 26.8 Å². The molecule has 1 aromatic rings. The first-order valence-electron chi connectivity index (χ1n) is 7.58.